The lowest BCUT2D eigenvalue weighted by Gasteiger charge is -2.53. The van der Waals surface area contributed by atoms with E-state index in [1.807, 2.05) is 13.8 Å². The first-order valence-electron chi connectivity index (χ1n) is 17.3. The van der Waals surface area contributed by atoms with Crippen LogP contribution in [0.3, 0.4) is 0 Å². The number of hydrogen-bond acceptors (Lipinski definition) is 7. The number of nitrogens with two attached hydrogens (primary N) is 1. The summed E-state index contributed by atoms with van der Waals surface area (Å²) in [5, 5.41) is 22.1. The minimum atomic E-state index is -1.37. The molecule has 4 aliphatic carbocycles. The van der Waals surface area contributed by atoms with Crippen molar-refractivity contribution >= 4 is 41.4 Å². The van der Waals surface area contributed by atoms with Crippen molar-refractivity contribution in [2.75, 3.05) is 19.6 Å². The lowest BCUT2D eigenvalue weighted by Crippen LogP contribution is -2.60. The fourth-order valence-corrected chi connectivity index (χ4v) is 9.82. The predicted molar refractivity (Wildman–Crippen MR) is 174 cm³/mol. The first-order chi connectivity index (χ1) is 22.4. The summed E-state index contributed by atoms with van der Waals surface area (Å²) in [7, 11) is 0. The number of nitrogens with one attached hydrogen (secondary N) is 5. The van der Waals surface area contributed by atoms with Gasteiger partial charge in [-0.15, -0.1) is 0 Å². The van der Waals surface area contributed by atoms with Crippen molar-refractivity contribution in [3.8, 4) is 0 Å². The Morgan fingerprint density at radius 2 is 1.29 bits per heavy atom. The summed E-state index contributed by atoms with van der Waals surface area (Å²) >= 11 is 0. The lowest BCUT2D eigenvalue weighted by molar-refractivity contribution is -0.143. The van der Waals surface area contributed by atoms with Gasteiger partial charge in [-0.1, -0.05) is 20.8 Å². The number of hydrogen-bond donors (Lipinski definition) is 7. The molecule has 0 aromatic rings. The Labute approximate surface area is 282 Å². The van der Waals surface area contributed by atoms with Crippen LogP contribution in [-0.2, 0) is 33.6 Å². The second kappa shape index (κ2) is 14.8. The van der Waals surface area contributed by atoms with Crippen LogP contribution in [0.25, 0.3) is 0 Å². The van der Waals surface area contributed by atoms with Crippen molar-refractivity contribution in [2.45, 2.75) is 110 Å². The molecular weight excluding hydrogens is 620 g/mol. The number of primary amides is 1. The third-order valence-corrected chi connectivity index (χ3v) is 11.1. The molecular formula is C34H54N6O8. The Balaban J connectivity index is 1.19. The van der Waals surface area contributed by atoms with Gasteiger partial charge in [0.05, 0.1) is 31.5 Å². The molecule has 0 aromatic heterocycles. The number of fused-ring (bicyclic) bond motifs is 4. The molecule has 4 aliphatic rings. The van der Waals surface area contributed by atoms with Crippen LogP contribution in [0, 0.1) is 40.4 Å². The van der Waals surface area contributed by atoms with Gasteiger partial charge in [-0.05, 0) is 101 Å². The third kappa shape index (κ3) is 9.46. The van der Waals surface area contributed by atoms with E-state index in [0.29, 0.717) is 55.8 Å². The monoisotopic (exact) mass is 674 g/mol. The van der Waals surface area contributed by atoms with Crippen LogP contribution < -0.4 is 32.3 Å². The molecule has 268 valence electrons. The van der Waals surface area contributed by atoms with E-state index < -0.39 is 71.5 Å². The van der Waals surface area contributed by atoms with E-state index in [1.54, 1.807) is 0 Å². The fourth-order valence-electron chi connectivity index (χ4n) is 9.82. The number of amides is 6. The van der Waals surface area contributed by atoms with Crippen molar-refractivity contribution in [1.82, 2.24) is 26.6 Å². The average molecular weight is 675 g/mol. The highest BCUT2D eigenvalue weighted by molar-refractivity contribution is 5.95. The number of carbonyl (C=O) groups is 7. The third-order valence-electron chi connectivity index (χ3n) is 11.1. The van der Waals surface area contributed by atoms with E-state index >= 15 is 0 Å². The zero-order valence-electron chi connectivity index (χ0n) is 28.7. The molecule has 0 aromatic carbocycles. The van der Waals surface area contributed by atoms with E-state index in [2.05, 4.69) is 40.4 Å². The minimum Gasteiger partial charge on any atom is -0.481 e. The van der Waals surface area contributed by atoms with Gasteiger partial charge in [-0.3, -0.25) is 33.6 Å². The molecule has 0 radical (unpaired) electrons. The van der Waals surface area contributed by atoms with Gasteiger partial charge in [0, 0.05) is 11.0 Å². The van der Waals surface area contributed by atoms with Crippen LogP contribution in [0.4, 0.5) is 0 Å². The summed E-state index contributed by atoms with van der Waals surface area (Å²) in [4.78, 5) is 87.6. The predicted octanol–water partition coefficient (Wildman–Crippen LogP) is 0.724. The van der Waals surface area contributed by atoms with Crippen molar-refractivity contribution in [2.24, 2.45) is 46.2 Å². The van der Waals surface area contributed by atoms with Gasteiger partial charge >= 0.3 is 5.97 Å². The van der Waals surface area contributed by atoms with E-state index in [9.17, 15) is 38.7 Å². The van der Waals surface area contributed by atoms with Gasteiger partial charge in [-0.25, -0.2) is 0 Å². The van der Waals surface area contributed by atoms with Gasteiger partial charge in [0.25, 0.3) is 0 Å². The molecule has 4 fully saturated rings. The Kier molecular flexibility index (Phi) is 11.5. The highest BCUT2D eigenvalue weighted by Gasteiger charge is 2.53. The molecule has 4 saturated carbocycles. The molecule has 6 amide bonds. The number of carboxylic acids is 1. The lowest BCUT2D eigenvalue weighted by atomic mass is 9.54. The van der Waals surface area contributed by atoms with Gasteiger partial charge in [-0.2, -0.15) is 0 Å². The van der Waals surface area contributed by atoms with Gasteiger partial charge < -0.3 is 37.4 Å². The maximum atomic E-state index is 13.3. The van der Waals surface area contributed by atoms with Gasteiger partial charge in [0.2, 0.25) is 35.4 Å². The average Bonchev–Trinajstić information content (AvgIpc) is 2.95. The van der Waals surface area contributed by atoms with Crippen LogP contribution in [0.5, 0.6) is 0 Å². The molecule has 14 heteroatoms. The summed E-state index contributed by atoms with van der Waals surface area (Å²) in [6.07, 6.45) is 7.44. The van der Waals surface area contributed by atoms with Crippen molar-refractivity contribution in [3.63, 3.8) is 0 Å². The highest BCUT2D eigenvalue weighted by atomic mass is 16.4. The molecule has 4 bridgehead atoms. The van der Waals surface area contributed by atoms with Crippen LogP contribution in [-0.4, -0.2) is 77.7 Å². The maximum absolute atomic E-state index is 13.3. The van der Waals surface area contributed by atoms with E-state index in [0.717, 1.165) is 32.1 Å². The van der Waals surface area contributed by atoms with Crippen molar-refractivity contribution < 1.29 is 38.7 Å². The quantitative estimate of drug-likeness (QED) is 0.147. The smallest absolute Gasteiger partial charge is 0.305 e. The minimum absolute atomic E-state index is 0.269. The molecule has 0 saturated heterocycles. The molecule has 9 atom stereocenters. The SMILES string of the molecule is CC1CC2C[C@H](C1)CC(C)(C(=O)NC(CC(=O)O)C(=O)NCC(=O)NCC(=O)NCC(=O)NC1(C)C[C@H]3CC(C)CC(C(N)=O)(C3)C1)C2. The van der Waals surface area contributed by atoms with Crippen LogP contribution in [0.15, 0.2) is 0 Å². The van der Waals surface area contributed by atoms with Crippen molar-refractivity contribution in [1.29, 1.82) is 0 Å². The van der Waals surface area contributed by atoms with Crippen LogP contribution in [0.1, 0.15) is 98.3 Å². The fraction of sp³-hybridized carbons (Fsp3) is 0.794. The van der Waals surface area contributed by atoms with Crippen LogP contribution >= 0.6 is 0 Å². The Morgan fingerprint density at radius 3 is 1.88 bits per heavy atom. The molecule has 7 unspecified atom stereocenters. The van der Waals surface area contributed by atoms with E-state index in [4.69, 9.17) is 5.73 Å². The number of carbonyl (C=O) groups excluding carboxylic acids is 6. The Bertz CT molecular complexity index is 1280. The first-order valence-corrected chi connectivity index (χ1v) is 17.3. The van der Waals surface area contributed by atoms with Crippen molar-refractivity contribution in [3.05, 3.63) is 0 Å². The van der Waals surface area contributed by atoms with E-state index in [1.165, 1.54) is 0 Å². The summed E-state index contributed by atoms with van der Waals surface area (Å²) in [6, 6.07) is -1.37. The molecule has 0 aliphatic heterocycles. The highest BCUT2D eigenvalue weighted by Crippen LogP contribution is 2.54. The topological polar surface area (TPSA) is 226 Å². The molecule has 8 N–H and O–H groups in total. The second-order valence-electron chi connectivity index (χ2n) is 16.2. The maximum Gasteiger partial charge on any atom is 0.305 e. The Morgan fingerprint density at radius 1 is 0.729 bits per heavy atom. The molecule has 0 heterocycles. The number of rotatable bonds is 13. The normalized spacial score (nSPS) is 34.5. The standard InChI is InChI=1S/C34H54N6O8/c1-19-5-21-8-22(6-19)12-32(3,11-21)31(48)39-24(9-28(44)45)29(46)38-16-26(42)36-15-25(41)37-17-27(43)40-33(4)13-23-7-20(2)10-34(14-23,18-33)30(35)47/h19-24H,5-18H2,1-4H3,(H2,35,47)(H,36,42)(H,37,41)(H,38,46)(H,39,48)(H,40,43)(H,44,45)/t19?,20?,21-,22?,23+,24?,32?,33?,34?/m0/s1. The molecule has 4 rings (SSSR count). The van der Waals surface area contributed by atoms with Gasteiger partial charge in [0.15, 0.2) is 0 Å². The van der Waals surface area contributed by atoms with Crippen LogP contribution in [0.2, 0.25) is 0 Å². The first kappa shape index (κ1) is 37.1. The molecule has 14 nitrogen and oxygen atoms in total. The number of carboxylic acid groups (broad SMARTS) is 1. The zero-order valence-corrected chi connectivity index (χ0v) is 28.7. The summed E-state index contributed by atoms with van der Waals surface area (Å²) in [5.74, 6) is -2.46. The largest absolute Gasteiger partial charge is 0.481 e. The summed E-state index contributed by atoms with van der Waals surface area (Å²) < 4.78 is 0. The summed E-state index contributed by atoms with van der Waals surface area (Å²) in [6.45, 7) is 6.77. The number of aliphatic carboxylic acids is 1. The van der Waals surface area contributed by atoms with Gasteiger partial charge in [0.1, 0.15) is 6.04 Å². The Hall–Kier alpha value is -3.71. The molecule has 0 spiro atoms. The summed E-state index contributed by atoms with van der Waals surface area (Å²) in [5.41, 5.74) is 3.81. The van der Waals surface area contributed by atoms with E-state index in [-0.39, 0.29) is 24.3 Å². The second-order valence-corrected chi connectivity index (χ2v) is 16.2. The zero-order chi connectivity index (χ0) is 35.4. The molecule has 48 heavy (non-hydrogen) atoms.